The Morgan fingerprint density at radius 3 is 2.77 bits per heavy atom. The predicted octanol–water partition coefficient (Wildman–Crippen LogP) is 4.64. The molecule has 0 saturated carbocycles. The molecule has 0 radical (unpaired) electrons. The van der Waals surface area contributed by atoms with Crippen LogP contribution in [0.2, 0.25) is 5.02 Å². The van der Waals surface area contributed by atoms with Crippen molar-refractivity contribution >= 4 is 40.2 Å². The summed E-state index contributed by atoms with van der Waals surface area (Å²) >= 11 is 7.24. The molecule has 30 heavy (non-hydrogen) atoms. The van der Waals surface area contributed by atoms with Crippen LogP contribution in [0.15, 0.2) is 52.4 Å². The fraction of sp³-hybridized carbons (Fsp3) is 0.318. The van der Waals surface area contributed by atoms with Crippen LogP contribution >= 0.6 is 23.4 Å². The van der Waals surface area contributed by atoms with Crippen LogP contribution < -0.4 is 10.9 Å². The lowest BCUT2D eigenvalue weighted by Gasteiger charge is -2.14. The number of carbonyl (C=O) groups is 1. The molecule has 2 aromatic carbocycles. The first-order chi connectivity index (χ1) is 14.3. The number of nitrogens with zero attached hydrogens (tertiary/aromatic N) is 2. The van der Waals surface area contributed by atoms with Gasteiger partial charge in [-0.1, -0.05) is 55.4 Å². The molecule has 0 aliphatic carbocycles. The minimum atomic E-state index is -0.360. The van der Waals surface area contributed by atoms with Gasteiger partial charge < -0.3 is 5.32 Å². The summed E-state index contributed by atoms with van der Waals surface area (Å²) in [4.78, 5) is 29.9. The molecule has 158 valence electrons. The summed E-state index contributed by atoms with van der Waals surface area (Å²) in [7, 11) is 0. The van der Waals surface area contributed by atoms with E-state index < -0.39 is 0 Å². The van der Waals surface area contributed by atoms with Gasteiger partial charge in [0.15, 0.2) is 5.16 Å². The summed E-state index contributed by atoms with van der Waals surface area (Å²) in [6.07, 6.45) is 0.813. The van der Waals surface area contributed by atoms with Crippen LogP contribution in [0.4, 0.5) is 4.39 Å². The normalized spacial score (nSPS) is 11.2. The third-order valence-corrected chi connectivity index (χ3v) is 5.79. The molecule has 1 aromatic heterocycles. The topological polar surface area (TPSA) is 64.0 Å². The second kappa shape index (κ2) is 10.1. The van der Waals surface area contributed by atoms with E-state index in [2.05, 4.69) is 24.1 Å². The fourth-order valence-electron chi connectivity index (χ4n) is 2.89. The molecule has 1 amide bonds. The smallest absolute Gasteiger partial charge is 0.262 e. The van der Waals surface area contributed by atoms with Crippen LogP contribution in [0.3, 0.4) is 0 Å². The SMILES string of the molecule is CC(C)CCn1c(SCC(=O)NCc2ccccc2F)nc2cc(Cl)ccc2c1=O. The monoisotopic (exact) mass is 447 g/mol. The Balaban J connectivity index is 1.77. The molecule has 0 spiro atoms. The Kier molecular flexibility index (Phi) is 7.50. The summed E-state index contributed by atoms with van der Waals surface area (Å²) in [6, 6.07) is 11.3. The highest BCUT2D eigenvalue weighted by Gasteiger charge is 2.14. The maximum absolute atomic E-state index is 13.7. The maximum atomic E-state index is 13.7. The Morgan fingerprint density at radius 1 is 1.27 bits per heavy atom. The van der Waals surface area contributed by atoms with Crippen LogP contribution in [-0.4, -0.2) is 21.2 Å². The lowest BCUT2D eigenvalue weighted by Crippen LogP contribution is -2.27. The number of carbonyl (C=O) groups excluding carboxylic acids is 1. The Hall–Kier alpha value is -2.38. The molecule has 5 nitrogen and oxygen atoms in total. The van der Waals surface area contributed by atoms with E-state index in [9.17, 15) is 14.0 Å². The van der Waals surface area contributed by atoms with Gasteiger partial charge in [0.1, 0.15) is 5.82 Å². The number of thioether (sulfide) groups is 1. The molecular weight excluding hydrogens is 425 g/mol. The zero-order valence-electron chi connectivity index (χ0n) is 16.8. The molecular formula is C22H23ClFN3O2S. The minimum Gasteiger partial charge on any atom is -0.351 e. The fourth-order valence-corrected chi connectivity index (χ4v) is 3.91. The van der Waals surface area contributed by atoms with Gasteiger partial charge in [-0.05, 0) is 36.6 Å². The van der Waals surface area contributed by atoms with Crippen LogP contribution in [0.25, 0.3) is 10.9 Å². The van der Waals surface area contributed by atoms with E-state index in [0.717, 1.165) is 6.42 Å². The Labute approximate surface area is 183 Å². The largest absolute Gasteiger partial charge is 0.351 e. The second-order valence-corrected chi connectivity index (χ2v) is 8.73. The number of nitrogens with one attached hydrogen (secondary N) is 1. The number of rotatable bonds is 8. The lowest BCUT2D eigenvalue weighted by molar-refractivity contribution is -0.118. The molecule has 3 aromatic rings. The van der Waals surface area contributed by atoms with E-state index in [-0.39, 0.29) is 29.6 Å². The number of hydrogen-bond acceptors (Lipinski definition) is 4. The van der Waals surface area contributed by atoms with E-state index >= 15 is 0 Å². The molecule has 1 N–H and O–H groups in total. The quantitative estimate of drug-likeness (QED) is 0.403. The van der Waals surface area contributed by atoms with Crippen LogP contribution in [-0.2, 0) is 17.9 Å². The molecule has 0 aliphatic rings. The van der Waals surface area contributed by atoms with Crippen molar-refractivity contribution in [3.8, 4) is 0 Å². The molecule has 0 aliphatic heterocycles. The van der Waals surface area contributed by atoms with Crippen LogP contribution in [0.1, 0.15) is 25.8 Å². The highest BCUT2D eigenvalue weighted by molar-refractivity contribution is 7.99. The zero-order valence-corrected chi connectivity index (χ0v) is 18.4. The summed E-state index contributed by atoms with van der Waals surface area (Å²) in [5.41, 5.74) is 0.775. The van der Waals surface area contributed by atoms with Gasteiger partial charge in [-0.25, -0.2) is 9.37 Å². The van der Waals surface area contributed by atoms with Crippen molar-refractivity contribution in [1.82, 2.24) is 14.9 Å². The Morgan fingerprint density at radius 2 is 2.03 bits per heavy atom. The molecule has 3 rings (SSSR count). The van der Waals surface area contributed by atoms with Crippen molar-refractivity contribution in [3.63, 3.8) is 0 Å². The average molecular weight is 448 g/mol. The standard InChI is InChI=1S/C22H23ClFN3O2S/c1-14(2)9-10-27-21(29)17-8-7-16(23)11-19(17)26-22(27)30-13-20(28)25-12-15-5-3-4-6-18(15)24/h3-8,11,14H,9-10,12-13H2,1-2H3,(H,25,28). The van der Waals surface area contributed by atoms with Gasteiger partial charge in [0.2, 0.25) is 5.91 Å². The average Bonchev–Trinajstić information content (AvgIpc) is 2.70. The van der Waals surface area contributed by atoms with Crippen molar-refractivity contribution < 1.29 is 9.18 Å². The molecule has 0 unspecified atom stereocenters. The third-order valence-electron chi connectivity index (χ3n) is 4.58. The maximum Gasteiger partial charge on any atom is 0.262 e. The number of hydrogen-bond donors (Lipinski definition) is 1. The zero-order chi connectivity index (χ0) is 21.7. The van der Waals surface area contributed by atoms with Crippen LogP contribution in [0.5, 0.6) is 0 Å². The van der Waals surface area contributed by atoms with Gasteiger partial charge in [-0.3, -0.25) is 14.2 Å². The predicted molar refractivity (Wildman–Crippen MR) is 119 cm³/mol. The first-order valence-corrected chi connectivity index (χ1v) is 11.0. The van der Waals surface area contributed by atoms with Crippen LogP contribution in [0, 0.1) is 11.7 Å². The summed E-state index contributed by atoms with van der Waals surface area (Å²) in [5, 5.41) is 4.16. The van der Waals surface area contributed by atoms with Gasteiger partial charge in [0.05, 0.1) is 16.7 Å². The van der Waals surface area contributed by atoms with Gasteiger partial charge >= 0.3 is 0 Å². The van der Waals surface area contributed by atoms with E-state index in [0.29, 0.717) is 39.1 Å². The number of amides is 1. The molecule has 0 saturated heterocycles. The summed E-state index contributed by atoms with van der Waals surface area (Å²) in [5.74, 6) is -0.144. The van der Waals surface area contributed by atoms with E-state index in [1.807, 2.05) is 0 Å². The molecule has 0 atom stereocenters. The molecule has 1 heterocycles. The van der Waals surface area contributed by atoms with Gasteiger partial charge in [-0.15, -0.1) is 0 Å². The summed E-state index contributed by atoms with van der Waals surface area (Å²) in [6.45, 7) is 4.79. The Bertz CT molecular complexity index is 1120. The van der Waals surface area contributed by atoms with Gasteiger partial charge in [-0.2, -0.15) is 0 Å². The van der Waals surface area contributed by atoms with Crippen molar-refractivity contribution in [2.75, 3.05) is 5.75 Å². The van der Waals surface area contributed by atoms with Crippen molar-refractivity contribution in [2.45, 2.75) is 38.5 Å². The number of fused-ring (bicyclic) bond motifs is 1. The third kappa shape index (κ3) is 5.61. The highest BCUT2D eigenvalue weighted by atomic mass is 35.5. The van der Waals surface area contributed by atoms with E-state index in [4.69, 9.17) is 11.6 Å². The van der Waals surface area contributed by atoms with Crippen molar-refractivity contribution in [1.29, 1.82) is 0 Å². The first kappa shape index (κ1) is 22.3. The van der Waals surface area contributed by atoms with Gasteiger partial charge in [0, 0.05) is 23.7 Å². The lowest BCUT2D eigenvalue weighted by atomic mass is 10.1. The molecule has 0 bridgehead atoms. The van der Waals surface area contributed by atoms with Crippen molar-refractivity contribution in [3.05, 3.63) is 69.2 Å². The first-order valence-electron chi connectivity index (χ1n) is 9.68. The number of benzene rings is 2. The van der Waals surface area contributed by atoms with Gasteiger partial charge in [0.25, 0.3) is 5.56 Å². The molecule has 0 fully saturated rings. The van der Waals surface area contributed by atoms with Crippen molar-refractivity contribution in [2.24, 2.45) is 5.92 Å². The number of aromatic nitrogens is 2. The molecule has 8 heteroatoms. The minimum absolute atomic E-state index is 0.0641. The highest BCUT2D eigenvalue weighted by Crippen LogP contribution is 2.21. The van der Waals surface area contributed by atoms with E-state index in [1.165, 1.54) is 17.8 Å². The van der Waals surface area contributed by atoms with E-state index in [1.54, 1.807) is 41.0 Å². The second-order valence-electron chi connectivity index (χ2n) is 7.35. The number of halogens is 2. The summed E-state index contributed by atoms with van der Waals surface area (Å²) < 4.78 is 15.3.